The Hall–Kier alpha value is -3.79. The van der Waals surface area contributed by atoms with Gasteiger partial charge in [0.25, 0.3) is 5.91 Å². The summed E-state index contributed by atoms with van der Waals surface area (Å²) >= 11 is 6.06. The Balaban J connectivity index is 1.41. The molecule has 4 rings (SSSR count). The third-order valence-electron chi connectivity index (χ3n) is 5.24. The number of amides is 1. The molecule has 0 bridgehead atoms. The molecule has 2 aromatic heterocycles. The number of hydrogen-bond acceptors (Lipinski definition) is 4. The predicted octanol–water partition coefficient (Wildman–Crippen LogP) is 5.71. The van der Waals surface area contributed by atoms with Crippen LogP contribution >= 0.6 is 11.6 Å². The minimum absolute atomic E-state index is 0.0414. The van der Waals surface area contributed by atoms with E-state index in [-0.39, 0.29) is 18.2 Å². The van der Waals surface area contributed by atoms with Crippen LogP contribution in [0.3, 0.4) is 0 Å². The maximum Gasteiger partial charge on any atom is 0.416 e. The number of anilines is 1. The lowest BCUT2D eigenvalue weighted by molar-refractivity contribution is -0.137. The van der Waals surface area contributed by atoms with Crippen molar-refractivity contribution in [2.24, 2.45) is 0 Å². The molecule has 0 saturated heterocycles. The molecule has 2 heterocycles. The molecule has 7 nitrogen and oxygen atoms in total. The fraction of sp³-hybridized carbons (Fsp3) is 0.208. The fourth-order valence-electron chi connectivity index (χ4n) is 3.48. The van der Waals surface area contributed by atoms with E-state index in [4.69, 9.17) is 16.3 Å². The Labute approximate surface area is 204 Å². The topological polar surface area (TPSA) is 74.0 Å². The highest BCUT2D eigenvalue weighted by molar-refractivity contribution is 6.30. The first-order valence-corrected chi connectivity index (χ1v) is 10.9. The minimum atomic E-state index is -4.46. The lowest BCUT2D eigenvalue weighted by Gasteiger charge is -2.10. The Bertz CT molecular complexity index is 1360. The van der Waals surface area contributed by atoms with Gasteiger partial charge in [0.2, 0.25) is 0 Å². The van der Waals surface area contributed by atoms with Crippen LogP contribution in [0, 0.1) is 13.8 Å². The van der Waals surface area contributed by atoms with Gasteiger partial charge < -0.3 is 10.1 Å². The number of nitrogens with one attached hydrogen (secondary N) is 1. The lowest BCUT2D eigenvalue weighted by atomic mass is 10.2. The van der Waals surface area contributed by atoms with E-state index in [0.29, 0.717) is 22.9 Å². The largest absolute Gasteiger partial charge is 0.471 e. The maximum atomic E-state index is 12.9. The molecular weight excluding hydrogens is 483 g/mol. The summed E-state index contributed by atoms with van der Waals surface area (Å²) in [5.41, 5.74) is 2.27. The first-order chi connectivity index (χ1) is 16.6. The number of aryl methyl sites for hydroxylation is 1. The molecule has 11 heteroatoms. The van der Waals surface area contributed by atoms with Crippen molar-refractivity contribution >= 4 is 23.2 Å². The summed E-state index contributed by atoms with van der Waals surface area (Å²) in [4.78, 5) is 12.8. The van der Waals surface area contributed by atoms with E-state index in [2.05, 4.69) is 15.5 Å². The highest BCUT2D eigenvalue weighted by Gasteiger charge is 2.30. The van der Waals surface area contributed by atoms with E-state index in [1.54, 1.807) is 17.7 Å². The van der Waals surface area contributed by atoms with Gasteiger partial charge in [-0.05, 0) is 55.8 Å². The first-order valence-electron chi connectivity index (χ1n) is 10.5. The van der Waals surface area contributed by atoms with Gasteiger partial charge in [0.15, 0.2) is 12.4 Å². The molecule has 1 amide bonds. The van der Waals surface area contributed by atoms with E-state index >= 15 is 0 Å². The molecule has 0 aliphatic heterocycles. The summed E-state index contributed by atoms with van der Waals surface area (Å²) in [5.74, 6) is -0.406. The van der Waals surface area contributed by atoms with Crippen LogP contribution < -0.4 is 10.1 Å². The number of benzene rings is 2. The van der Waals surface area contributed by atoms with E-state index in [9.17, 15) is 18.0 Å². The third kappa shape index (κ3) is 5.83. The molecule has 0 aliphatic carbocycles. The second-order valence-electron chi connectivity index (χ2n) is 7.83. The van der Waals surface area contributed by atoms with Gasteiger partial charge in [0.05, 0.1) is 29.2 Å². The summed E-state index contributed by atoms with van der Waals surface area (Å²) in [6.07, 6.45) is -2.96. The zero-order valence-corrected chi connectivity index (χ0v) is 19.6. The molecular formula is C24H21ClF3N5O2. The average molecular weight is 504 g/mol. The number of carbonyl (C=O) groups excluding carboxylic acids is 1. The molecule has 2 aromatic carbocycles. The normalized spacial score (nSPS) is 11.5. The molecule has 0 radical (unpaired) electrons. The van der Waals surface area contributed by atoms with Crippen molar-refractivity contribution in [2.75, 3.05) is 5.32 Å². The smallest absolute Gasteiger partial charge is 0.416 e. The van der Waals surface area contributed by atoms with Crippen molar-refractivity contribution in [3.05, 3.63) is 94.0 Å². The van der Waals surface area contributed by atoms with E-state index < -0.39 is 17.6 Å². The summed E-state index contributed by atoms with van der Waals surface area (Å²) < 4.78 is 47.1. The van der Waals surface area contributed by atoms with Crippen LogP contribution in [0.5, 0.6) is 5.75 Å². The van der Waals surface area contributed by atoms with Gasteiger partial charge in [-0.15, -0.1) is 0 Å². The van der Waals surface area contributed by atoms with Crippen molar-refractivity contribution in [3.63, 3.8) is 0 Å². The van der Waals surface area contributed by atoms with Crippen LogP contribution in [0.15, 0.2) is 60.8 Å². The second-order valence-corrected chi connectivity index (χ2v) is 8.26. The number of halogens is 4. The number of aromatic nitrogens is 4. The quantitative estimate of drug-likeness (QED) is 0.351. The molecule has 1 N–H and O–H groups in total. The van der Waals surface area contributed by atoms with Gasteiger partial charge >= 0.3 is 6.18 Å². The second kappa shape index (κ2) is 9.83. The van der Waals surface area contributed by atoms with Crippen molar-refractivity contribution in [2.45, 2.75) is 33.3 Å². The molecule has 0 aliphatic rings. The molecule has 0 fully saturated rings. The van der Waals surface area contributed by atoms with Crippen molar-refractivity contribution in [1.82, 2.24) is 19.6 Å². The van der Waals surface area contributed by atoms with Crippen molar-refractivity contribution in [1.29, 1.82) is 0 Å². The standard InChI is InChI=1S/C24H21ClF3N5O2/c1-15-22(16(2)33(30-15)13-17-5-3-7-19(25)11-17)29-23(34)21-9-10-32(31-21)14-35-20-8-4-6-18(12-20)24(26,27)28/h3-12H,13-14H2,1-2H3,(H,29,34). The minimum Gasteiger partial charge on any atom is -0.471 e. The number of nitrogens with zero attached hydrogens (tertiary/aromatic N) is 4. The Morgan fingerprint density at radius 1 is 1.09 bits per heavy atom. The van der Waals surface area contributed by atoms with Gasteiger partial charge in [-0.25, -0.2) is 4.68 Å². The number of carbonyl (C=O) groups is 1. The third-order valence-corrected chi connectivity index (χ3v) is 5.47. The molecule has 4 aromatic rings. The van der Waals surface area contributed by atoms with Crippen LogP contribution in [-0.4, -0.2) is 25.5 Å². The molecule has 0 saturated carbocycles. The van der Waals surface area contributed by atoms with Crippen LogP contribution in [-0.2, 0) is 19.5 Å². The van der Waals surface area contributed by atoms with Gasteiger partial charge in [0.1, 0.15) is 5.75 Å². The summed E-state index contributed by atoms with van der Waals surface area (Å²) in [6.45, 7) is 3.97. The summed E-state index contributed by atoms with van der Waals surface area (Å²) in [5, 5.41) is 12.1. The predicted molar refractivity (Wildman–Crippen MR) is 125 cm³/mol. The maximum absolute atomic E-state index is 12.9. The Kier molecular flexibility index (Phi) is 6.83. The zero-order valence-electron chi connectivity index (χ0n) is 18.8. The number of alkyl halides is 3. The number of ether oxygens (including phenoxy) is 1. The van der Waals surface area contributed by atoms with E-state index in [1.165, 1.54) is 29.1 Å². The van der Waals surface area contributed by atoms with Crippen LogP contribution in [0.25, 0.3) is 0 Å². The highest BCUT2D eigenvalue weighted by atomic mass is 35.5. The van der Waals surface area contributed by atoms with Crippen LogP contribution in [0.4, 0.5) is 18.9 Å². The lowest BCUT2D eigenvalue weighted by Crippen LogP contribution is -2.15. The van der Waals surface area contributed by atoms with Crippen molar-refractivity contribution < 1.29 is 22.7 Å². The first kappa shape index (κ1) is 24.3. The number of rotatable bonds is 7. The van der Waals surface area contributed by atoms with E-state index in [0.717, 1.165) is 23.4 Å². The summed E-state index contributed by atoms with van der Waals surface area (Å²) in [6, 6.07) is 13.5. The van der Waals surface area contributed by atoms with Gasteiger partial charge in [-0.2, -0.15) is 23.4 Å². The molecule has 182 valence electrons. The molecule has 0 spiro atoms. The van der Waals surface area contributed by atoms with Crippen LogP contribution in [0.1, 0.15) is 33.0 Å². The molecule has 0 atom stereocenters. The highest BCUT2D eigenvalue weighted by Crippen LogP contribution is 2.31. The fourth-order valence-corrected chi connectivity index (χ4v) is 3.69. The van der Waals surface area contributed by atoms with Gasteiger partial charge in [0, 0.05) is 11.2 Å². The van der Waals surface area contributed by atoms with Gasteiger partial charge in [-0.3, -0.25) is 9.48 Å². The van der Waals surface area contributed by atoms with Crippen molar-refractivity contribution in [3.8, 4) is 5.75 Å². The molecule has 0 unspecified atom stereocenters. The Morgan fingerprint density at radius 3 is 2.60 bits per heavy atom. The van der Waals surface area contributed by atoms with E-state index in [1.807, 2.05) is 25.1 Å². The number of hydrogen-bond donors (Lipinski definition) is 1. The Morgan fingerprint density at radius 2 is 1.86 bits per heavy atom. The summed E-state index contributed by atoms with van der Waals surface area (Å²) in [7, 11) is 0. The van der Waals surface area contributed by atoms with Gasteiger partial charge in [-0.1, -0.05) is 29.8 Å². The zero-order chi connectivity index (χ0) is 25.2. The SMILES string of the molecule is Cc1nn(Cc2cccc(Cl)c2)c(C)c1NC(=O)c1ccn(COc2cccc(C(F)(F)F)c2)n1. The van der Waals surface area contributed by atoms with Crippen LogP contribution in [0.2, 0.25) is 5.02 Å². The average Bonchev–Trinajstić information content (AvgIpc) is 3.38. The monoisotopic (exact) mass is 503 g/mol. The molecule has 35 heavy (non-hydrogen) atoms.